The quantitative estimate of drug-likeness (QED) is 0.854. The summed E-state index contributed by atoms with van der Waals surface area (Å²) >= 11 is 3.15. The van der Waals surface area contributed by atoms with Gasteiger partial charge in [0, 0.05) is 11.7 Å². The standard InChI is InChI=1S/C16H17BrN2O3/c1-10(2)18-15(20)9-11-3-5-12(6-4-11)19-16(21)13-7-8-14(17)22-13/h3-8,10H,9H2,1-2H3,(H,18,20)(H,19,21). The van der Waals surface area contributed by atoms with Gasteiger partial charge in [-0.2, -0.15) is 0 Å². The molecule has 0 aliphatic carbocycles. The number of amides is 2. The summed E-state index contributed by atoms with van der Waals surface area (Å²) in [6.45, 7) is 3.84. The Kier molecular flexibility index (Phi) is 5.38. The third-order valence-corrected chi connectivity index (χ3v) is 3.25. The van der Waals surface area contributed by atoms with Crippen molar-refractivity contribution in [1.82, 2.24) is 5.32 Å². The lowest BCUT2D eigenvalue weighted by molar-refractivity contribution is -0.120. The maximum Gasteiger partial charge on any atom is 0.291 e. The Hall–Kier alpha value is -2.08. The van der Waals surface area contributed by atoms with Crippen LogP contribution in [0.4, 0.5) is 5.69 Å². The number of halogens is 1. The van der Waals surface area contributed by atoms with E-state index in [-0.39, 0.29) is 23.6 Å². The highest BCUT2D eigenvalue weighted by Crippen LogP contribution is 2.16. The van der Waals surface area contributed by atoms with Crippen LogP contribution in [0, 0.1) is 0 Å². The maximum absolute atomic E-state index is 11.9. The predicted octanol–water partition coefficient (Wildman–Crippen LogP) is 3.36. The first-order chi connectivity index (χ1) is 10.4. The first-order valence-electron chi connectivity index (χ1n) is 6.89. The second kappa shape index (κ2) is 7.26. The second-order valence-corrected chi connectivity index (χ2v) is 5.94. The van der Waals surface area contributed by atoms with Gasteiger partial charge >= 0.3 is 0 Å². The van der Waals surface area contributed by atoms with Crippen molar-refractivity contribution in [2.45, 2.75) is 26.3 Å². The zero-order chi connectivity index (χ0) is 16.1. The molecule has 0 unspecified atom stereocenters. The van der Waals surface area contributed by atoms with Gasteiger partial charge in [-0.05, 0) is 59.6 Å². The summed E-state index contributed by atoms with van der Waals surface area (Å²) in [6, 6.07) is 10.5. The van der Waals surface area contributed by atoms with E-state index in [1.807, 2.05) is 26.0 Å². The lowest BCUT2D eigenvalue weighted by Crippen LogP contribution is -2.31. The molecule has 116 valence electrons. The number of furan rings is 1. The lowest BCUT2D eigenvalue weighted by Gasteiger charge is -2.09. The van der Waals surface area contributed by atoms with E-state index in [0.29, 0.717) is 16.8 Å². The molecule has 2 N–H and O–H groups in total. The molecule has 0 saturated carbocycles. The van der Waals surface area contributed by atoms with Crippen molar-refractivity contribution >= 4 is 33.4 Å². The van der Waals surface area contributed by atoms with E-state index in [2.05, 4.69) is 26.6 Å². The minimum atomic E-state index is -0.323. The summed E-state index contributed by atoms with van der Waals surface area (Å²) < 4.78 is 5.69. The highest BCUT2D eigenvalue weighted by Gasteiger charge is 2.11. The number of hydrogen-bond donors (Lipinski definition) is 2. The van der Waals surface area contributed by atoms with Gasteiger partial charge in [0.05, 0.1) is 6.42 Å². The van der Waals surface area contributed by atoms with Gasteiger partial charge in [-0.15, -0.1) is 0 Å². The molecular weight excluding hydrogens is 348 g/mol. The van der Waals surface area contributed by atoms with E-state index in [1.165, 1.54) is 0 Å². The molecule has 6 heteroatoms. The molecule has 1 aromatic heterocycles. The van der Waals surface area contributed by atoms with Gasteiger partial charge in [0.2, 0.25) is 5.91 Å². The Bertz CT molecular complexity index is 662. The Morgan fingerprint density at radius 1 is 1.14 bits per heavy atom. The molecule has 2 aromatic rings. The van der Waals surface area contributed by atoms with Crippen molar-refractivity contribution in [1.29, 1.82) is 0 Å². The van der Waals surface area contributed by atoms with Gasteiger partial charge in [-0.1, -0.05) is 12.1 Å². The summed E-state index contributed by atoms with van der Waals surface area (Å²) in [6.07, 6.45) is 0.317. The molecular formula is C16H17BrN2O3. The van der Waals surface area contributed by atoms with E-state index in [4.69, 9.17) is 4.42 Å². The molecule has 2 amide bonds. The van der Waals surface area contributed by atoms with E-state index < -0.39 is 0 Å². The van der Waals surface area contributed by atoms with Crippen LogP contribution in [0.1, 0.15) is 30.0 Å². The fourth-order valence-corrected chi connectivity index (χ4v) is 2.20. The molecule has 1 heterocycles. The molecule has 0 radical (unpaired) electrons. The third-order valence-electron chi connectivity index (χ3n) is 2.82. The zero-order valence-corrected chi connectivity index (χ0v) is 13.9. The Balaban J connectivity index is 1.94. The van der Waals surface area contributed by atoms with E-state index in [1.54, 1.807) is 24.3 Å². The predicted molar refractivity (Wildman–Crippen MR) is 87.8 cm³/mol. The molecule has 0 spiro atoms. The normalized spacial score (nSPS) is 10.5. The van der Waals surface area contributed by atoms with Crippen molar-refractivity contribution in [3.63, 3.8) is 0 Å². The Labute approximate surface area is 137 Å². The lowest BCUT2D eigenvalue weighted by atomic mass is 10.1. The van der Waals surface area contributed by atoms with Crippen LogP contribution in [0.3, 0.4) is 0 Å². The number of hydrogen-bond acceptors (Lipinski definition) is 3. The molecule has 1 aromatic carbocycles. The SMILES string of the molecule is CC(C)NC(=O)Cc1ccc(NC(=O)c2ccc(Br)o2)cc1. The van der Waals surface area contributed by atoms with Crippen molar-refractivity contribution in [3.8, 4) is 0 Å². The molecule has 2 rings (SSSR count). The summed E-state index contributed by atoms with van der Waals surface area (Å²) in [5.41, 5.74) is 1.53. The van der Waals surface area contributed by atoms with Gasteiger partial charge in [0.1, 0.15) is 0 Å². The Morgan fingerprint density at radius 2 is 1.82 bits per heavy atom. The van der Waals surface area contributed by atoms with Crippen LogP contribution in [0.5, 0.6) is 0 Å². The number of benzene rings is 1. The minimum absolute atomic E-state index is 0.0211. The number of carbonyl (C=O) groups is 2. The van der Waals surface area contributed by atoms with Crippen LogP contribution in [-0.4, -0.2) is 17.9 Å². The van der Waals surface area contributed by atoms with Crippen LogP contribution in [0.15, 0.2) is 45.5 Å². The first-order valence-corrected chi connectivity index (χ1v) is 7.68. The summed E-state index contributed by atoms with van der Waals surface area (Å²) in [4.78, 5) is 23.6. The third kappa shape index (κ3) is 4.73. The highest BCUT2D eigenvalue weighted by atomic mass is 79.9. The van der Waals surface area contributed by atoms with Crippen LogP contribution >= 0.6 is 15.9 Å². The van der Waals surface area contributed by atoms with Gasteiger partial charge < -0.3 is 15.1 Å². The van der Waals surface area contributed by atoms with Crippen LogP contribution in [-0.2, 0) is 11.2 Å². The molecule has 0 atom stereocenters. The van der Waals surface area contributed by atoms with Crippen molar-refractivity contribution in [3.05, 3.63) is 52.4 Å². The minimum Gasteiger partial charge on any atom is -0.444 e. The van der Waals surface area contributed by atoms with Crippen molar-refractivity contribution in [2.24, 2.45) is 0 Å². The average molecular weight is 365 g/mol. The van der Waals surface area contributed by atoms with E-state index in [9.17, 15) is 9.59 Å². The van der Waals surface area contributed by atoms with Crippen LogP contribution in [0.25, 0.3) is 0 Å². The van der Waals surface area contributed by atoms with E-state index in [0.717, 1.165) is 5.56 Å². The van der Waals surface area contributed by atoms with Crippen molar-refractivity contribution in [2.75, 3.05) is 5.32 Å². The molecule has 0 bridgehead atoms. The zero-order valence-electron chi connectivity index (χ0n) is 12.4. The van der Waals surface area contributed by atoms with Crippen molar-refractivity contribution < 1.29 is 14.0 Å². The highest BCUT2D eigenvalue weighted by molar-refractivity contribution is 9.10. The number of anilines is 1. The topological polar surface area (TPSA) is 71.3 Å². The molecule has 0 aliphatic heterocycles. The smallest absolute Gasteiger partial charge is 0.291 e. The fourth-order valence-electron chi connectivity index (χ4n) is 1.89. The molecule has 0 aliphatic rings. The monoisotopic (exact) mass is 364 g/mol. The fraction of sp³-hybridized carbons (Fsp3) is 0.250. The molecule has 0 saturated heterocycles. The maximum atomic E-state index is 11.9. The van der Waals surface area contributed by atoms with Crippen LogP contribution in [0.2, 0.25) is 0 Å². The average Bonchev–Trinajstić information content (AvgIpc) is 2.87. The van der Waals surface area contributed by atoms with Gasteiger partial charge in [0.25, 0.3) is 5.91 Å². The second-order valence-electron chi connectivity index (χ2n) is 5.15. The van der Waals surface area contributed by atoms with E-state index >= 15 is 0 Å². The summed E-state index contributed by atoms with van der Waals surface area (Å²) in [5.74, 6) is -0.115. The Morgan fingerprint density at radius 3 is 2.36 bits per heavy atom. The van der Waals surface area contributed by atoms with Gasteiger partial charge in [0.15, 0.2) is 10.4 Å². The van der Waals surface area contributed by atoms with Crippen LogP contribution < -0.4 is 10.6 Å². The summed E-state index contributed by atoms with van der Waals surface area (Å²) in [7, 11) is 0. The summed E-state index contributed by atoms with van der Waals surface area (Å²) in [5, 5.41) is 5.57. The number of carbonyl (C=O) groups excluding carboxylic acids is 2. The first kappa shape index (κ1) is 16.3. The molecule has 0 fully saturated rings. The van der Waals surface area contributed by atoms with Gasteiger partial charge in [-0.3, -0.25) is 9.59 Å². The number of nitrogens with one attached hydrogen (secondary N) is 2. The molecule has 5 nitrogen and oxygen atoms in total. The van der Waals surface area contributed by atoms with Gasteiger partial charge in [-0.25, -0.2) is 0 Å². The largest absolute Gasteiger partial charge is 0.444 e. The number of rotatable bonds is 5. The molecule has 22 heavy (non-hydrogen) atoms.